The minimum Gasteiger partial charge on any atom is -0.329 e. The maximum atomic E-state index is 13.2. The van der Waals surface area contributed by atoms with Gasteiger partial charge in [0.05, 0.1) is 36.6 Å². The first kappa shape index (κ1) is 22.3. The van der Waals surface area contributed by atoms with E-state index < -0.39 is 21.8 Å². The fourth-order valence-electron chi connectivity index (χ4n) is 3.50. The average Bonchev–Trinajstić information content (AvgIpc) is 2.68. The Morgan fingerprint density at radius 1 is 1.07 bits per heavy atom. The lowest BCUT2D eigenvalue weighted by molar-refractivity contribution is -0.917. The first-order valence-corrected chi connectivity index (χ1v) is 10.9. The fraction of sp³-hybridized carbons (Fsp3) is 0.350. The lowest BCUT2D eigenvalue weighted by Crippen LogP contribution is -3.13. The first-order valence-electron chi connectivity index (χ1n) is 9.44. The molecule has 0 aliphatic carbocycles. The van der Waals surface area contributed by atoms with Crippen molar-refractivity contribution in [3.8, 4) is 0 Å². The molecule has 1 heterocycles. The molecule has 0 unspecified atom stereocenters. The summed E-state index contributed by atoms with van der Waals surface area (Å²) in [7, 11) is -3.71. The van der Waals surface area contributed by atoms with E-state index in [2.05, 4.69) is 5.32 Å². The summed E-state index contributed by atoms with van der Waals surface area (Å²) in [4.78, 5) is 12.1. The molecule has 0 radical (unpaired) electrons. The summed E-state index contributed by atoms with van der Waals surface area (Å²) in [6.45, 7) is 2.82. The number of nitrogens with zero attached hydrogens (tertiary/aromatic N) is 1. The Labute approximate surface area is 173 Å². The molecule has 1 aliphatic heterocycles. The number of halogens is 3. The fourth-order valence-corrected chi connectivity index (χ4v) is 4.94. The van der Waals surface area contributed by atoms with Crippen molar-refractivity contribution >= 4 is 21.6 Å². The Balaban J connectivity index is 1.65. The van der Waals surface area contributed by atoms with Crippen LogP contribution in [0.15, 0.2) is 53.4 Å². The molecule has 2 aromatic carbocycles. The number of hydrogen-bond donors (Lipinski definition) is 2. The number of benzene rings is 2. The molecule has 1 fully saturated rings. The summed E-state index contributed by atoms with van der Waals surface area (Å²) >= 11 is 0. The largest absolute Gasteiger partial charge is 0.416 e. The molecule has 10 heteroatoms. The van der Waals surface area contributed by atoms with Crippen LogP contribution in [0, 0.1) is 0 Å². The maximum Gasteiger partial charge on any atom is 0.416 e. The maximum absolute atomic E-state index is 13.2. The van der Waals surface area contributed by atoms with Crippen LogP contribution in [0.25, 0.3) is 0 Å². The third kappa shape index (κ3) is 5.18. The van der Waals surface area contributed by atoms with Gasteiger partial charge in [0, 0.05) is 18.2 Å². The van der Waals surface area contributed by atoms with Crippen molar-refractivity contribution in [1.29, 1.82) is 0 Å². The molecule has 1 amide bonds. The Morgan fingerprint density at radius 3 is 2.23 bits per heavy atom. The van der Waals surface area contributed by atoms with Gasteiger partial charge in [0.1, 0.15) is 6.54 Å². The molecule has 0 bridgehead atoms. The molecule has 0 atom stereocenters. The minimum absolute atomic E-state index is 0.113. The van der Waals surface area contributed by atoms with Crippen LogP contribution in [-0.4, -0.2) is 44.8 Å². The molecular weight excluding hydrogens is 419 g/mol. The standard InChI is InChI=1S/C20H22F3N3O3S/c1-15(27)24-17-6-8-18(9-7-17)30(28,29)26-12-10-25(11-13-26)14-16-4-2-3-5-19(16)20(21,22)23/h2-9H,10-14H2,1H3,(H,24,27)/p+1. The number of anilines is 1. The second-order valence-corrected chi connectivity index (χ2v) is 9.13. The lowest BCUT2D eigenvalue weighted by atomic mass is 10.1. The molecule has 0 aromatic heterocycles. The molecule has 1 saturated heterocycles. The third-order valence-corrected chi connectivity index (χ3v) is 6.92. The smallest absolute Gasteiger partial charge is 0.329 e. The van der Waals surface area contributed by atoms with E-state index in [1.165, 1.54) is 47.6 Å². The van der Waals surface area contributed by atoms with Crippen molar-refractivity contribution in [2.75, 3.05) is 31.5 Å². The van der Waals surface area contributed by atoms with Crippen molar-refractivity contribution < 1.29 is 31.3 Å². The van der Waals surface area contributed by atoms with Crippen molar-refractivity contribution in [3.05, 3.63) is 59.7 Å². The van der Waals surface area contributed by atoms with Crippen LogP contribution >= 0.6 is 0 Å². The molecule has 6 nitrogen and oxygen atoms in total. The SMILES string of the molecule is CC(=O)Nc1ccc(S(=O)(=O)N2CC[NH+](Cc3ccccc3C(F)(F)F)CC2)cc1. The van der Waals surface area contributed by atoms with Crippen molar-refractivity contribution in [3.63, 3.8) is 0 Å². The van der Waals surface area contributed by atoms with Gasteiger partial charge >= 0.3 is 6.18 Å². The lowest BCUT2D eigenvalue weighted by Gasteiger charge is -2.32. The highest BCUT2D eigenvalue weighted by Crippen LogP contribution is 2.31. The highest BCUT2D eigenvalue weighted by molar-refractivity contribution is 7.89. The first-order chi connectivity index (χ1) is 14.1. The molecule has 162 valence electrons. The summed E-state index contributed by atoms with van der Waals surface area (Å²) < 4.78 is 66.6. The normalized spacial score (nSPS) is 16.4. The average molecular weight is 442 g/mol. The molecule has 1 aliphatic rings. The van der Waals surface area contributed by atoms with Crippen LogP contribution in [0.3, 0.4) is 0 Å². The van der Waals surface area contributed by atoms with E-state index in [1.807, 2.05) is 0 Å². The number of amides is 1. The molecular formula is C20H23F3N3O3S+. The van der Waals surface area contributed by atoms with Crippen LogP contribution in [0.1, 0.15) is 18.1 Å². The summed E-state index contributed by atoms with van der Waals surface area (Å²) in [5, 5.41) is 2.58. The molecule has 0 spiro atoms. The van der Waals surface area contributed by atoms with Crippen LogP contribution in [0.4, 0.5) is 18.9 Å². The molecule has 0 saturated carbocycles. The zero-order valence-electron chi connectivity index (χ0n) is 16.4. The van der Waals surface area contributed by atoms with Gasteiger partial charge in [0.2, 0.25) is 15.9 Å². The number of piperazine rings is 1. The number of alkyl halides is 3. The van der Waals surface area contributed by atoms with Gasteiger partial charge in [0.25, 0.3) is 0 Å². The Hall–Kier alpha value is -2.43. The van der Waals surface area contributed by atoms with Crippen molar-refractivity contribution in [1.82, 2.24) is 4.31 Å². The van der Waals surface area contributed by atoms with Gasteiger partial charge in [-0.15, -0.1) is 0 Å². The van der Waals surface area contributed by atoms with Gasteiger partial charge < -0.3 is 10.2 Å². The summed E-state index contributed by atoms with van der Waals surface area (Å²) in [5.74, 6) is -0.253. The van der Waals surface area contributed by atoms with Crippen molar-refractivity contribution in [2.45, 2.75) is 24.5 Å². The van der Waals surface area contributed by atoms with E-state index in [0.717, 1.165) is 11.0 Å². The molecule has 30 heavy (non-hydrogen) atoms. The second kappa shape index (κ2) is 8.75. The van der Waals surface area contributed by atoms with E-state index in [9.17, 15) is 26.4 Å². The van der Waals surface area contributed by atoms with Gasteiger partial charge in [-0.05, 0) is 30.3 Å². The van der Waals surface area contributed by atoms with E-state index in [4.69, 9.17) is 0 Å². The number of quaternary nitrogens is 1. The number of carbonyl (C=O) groups is 1. The van der Waals surface area contributed by atoms with Gasteiger partial charge in [0.15, 0.2) is 0 Å². The predicted molar refractivity (Wildman–Crippen MR) is 105 cm³/mol. The zero-order valence-corrected chi connectivity index (χ0v) is 17.2. The van der Waals surface area contributed by atoms with Crippen molar-refractivity contribution in [2.24, 2.45) is 0 Å². The monoisotopic (exact) mass is 442 g/mol. The van der Waals surface area contributed by atoms with Gasteiger partial charge in [-0.3, -0.25) is 4.79 Å². The Bertz CT molecular complexity index is 1000. The highest BCUT2D eigenvalue weighted by atomic mass is 32.2. The number of sulfonamides is 1. The summed E-state index contributed by atoms with van der Waals surface area (Å²) in [6, 6.07) is 11.4. The third-order valence-electron chi connectivity index (χ3n) is 5.01. The second-order valence-electron chi connectivity index (χ2n) is 7.19. The Morgan fingerprint density at radius 2 is 1.67 bits per heavy atom. The molecule has 3 rings (SSSR count). The number of hydrogen-bond acceptors (Lipinski definition) is 3. The van der Waals surface area contributed by atoms with E-state index in [0.29, 0.717) is 18.8 Å². The van der Waals surface area contributed by atoms with Gasteiger partial charge in [-0.1, -0.05) is 18.2 Å². The molecule has 2 aromatic rings. The zero-order chi connectivity index (χ0) is 21.9. The van der Waals surface area contributed by atoms with Gasteiger partial charge in [-0.25, -0.2) is 8.42 Å². The van der Waals surface area contributed by atoms with Crippen LogP contribution in [-0.2, 0) is 27.5 Å². The van der Waals surface area contributed by atoms with Gasteiger partial charge in [-0.2, -0.15) is 17.5 Å². The van der Waals surface area contributed by atoms with E-state index in [-0.39, 0.29) is 36.0 Å². The highest BCUT2D eigenvalue weighted by Gasteiger charge is 2.35. The molecule has 2 N–H and O–H groups in total. The number of nitrogens with one attached hydrogen (secondary N) is 2. The summed E-state index contributed by atoms with van der Waals surface area (Å²) in [6.07, 6.45) is -4.41. The quantitative estimate of drug-likeness (QED) is 0.741. The number of carbonyl (C=O) groups excluding carboxylic acids is 1. The van der Waals surface area contributed by atoms with Crippen LogP contribution < -0.4 is 10.2 Å². The predicted octanol–water partition coefficient (Wildman–Crippen LogP) is 1.75. The van der Waals surface area contributed by atoms with Crippen LogP contribution in [0.2, 0.25) is 0 Å². The topological polar surface area (TPSA) is 70.9 Å². The summed E-state index contributed by atoms with van der Waals surface area (Å²) in [5.41, 5.74) is 0.0655. The minimum atomic E-state index is -4.41. The van der Waals surface area contributed by atoms with E-state index in [1.54, 1.807) is 6.07 Å². The van der Waals surface area contributed by atoms with Crippen LogP contribution in [0.5, 0.6) is 0 Å². The Kier molecular flexibility index (Phi) is 6.49. The van der Waals surface area contributed by atoms with E-state index >= 15 is 0 Å². The number of rotatable bonds is 5.